The number of nitrogens with zero attached hydrogens (tertiary/aromatic N) is 2. The number of carbonyl (C=O) groups excluding carboxylic acids is 2. The Morgan fingerprint density at radius 3 is 2.57 bits per heavy atom. The van der Waals surface area contributed by atoms with Gasteiger partial charge in [0.15, 0.2) is 0 Å². The van der Waals surface area contributed by atoms with Crippen LogP contribution in [0.1, 0.15) is 57.8 Å². The molecule has 1 aliphatic rings. The fourth-order valence-electron chi connectivity index (χ4n) is 3.66. The number of anilines is 2. The van der Waals surface area contributed by atoms with Crippen molar-refractivity contribution in [1.29, 1.82) is 0 Å². The molecule has 8 heteroatoms. The van der Waals surface area contributed by atoms with Crippen molar-refractivity contribution in [1.82, 2.24) is 9.61 Å². The van der Waals surface area contributed by atoms with Crippen LogP contribution in [-0.2, 0) is 4.79 Å². The SMILES string of the molecule is CC(C)C(=O)Nc1cc2c(N[C@@H]3CC[C@@](C)(O)C3(C)C)c(C(N)=O)cnn2c1. The van der Waals surface area contributed by atoms with Crippen LogP contribution < -0.4 is 16.4 Å². The summed E-state index contributed by atoms with van der Waals surface area (Å²) >= 11 is 0. The van der Waals surface area contributed by atoms with Crippen molar-refractivity contribution >= 4 is 28.7 Å². The zero-order valence-electron chi connectivity index (χ0n) is 17.0. The topological polar surface area (TPSA) is 122 Å². The lowest BCUT2D eigenvalue weighted by atomic mass is 9.76. The van der Waals surface area contributed by atoms with Crippen LogP contribution in [0.5, 0.6) is 0 Å². The Hall–Kier alpha value is -2.61. The first-order valence-corrected chi connectivity index (χ1v) is 9.55. The minimum absolute atomic E-state index is 0.0598. The van der Waals surface area contributed by atoms with Crippen LogP contribution in [-0.4, -0.2) is 38.2 Å². The second kappa shape index (κ2) is 6.77. The van der Waals surface area contributed by atoms with Gasteiger partial charge < -0.3 is 21.5 Å². The summed E-state index contributed by atoms with van der Waals surface area (Å²) in [5.74, 6) is -0.848. The molecule has 2 atom stereocenters. The fraction of sp³-hybridized carbons (Fsp3) is 0.550. The van der Waals surface area contributed by atoms with Crippen molar-refractivity contribution in [2.75, 3.05) is 10.6 Å². The van der Waals surface area contributed by atoms with Gasteiger partial charge in [-0.05, 0) is 25.8 Å². The van der Waals surface area contributed by atoms with Crippen LogP contribution in [0.15, 0.2) is 18.5 Å². The zero-order valence-corrected chi connectivity index (χ0v) is 17.0. The number of hydrogen-bond acceptors (Lipinski definition) is 5. The maximum atomic E-state index is 12.0. The average molecular weight is 387 g/mol. The van der Waals surface area contributed by atoms with Gasteiger partial charge >= 0.3 is 0 Å². The van der Waals surface area contributed by atoms with Gasteiger partial charge in [0.1, 0.15) is 0 Å². The Morgan fingerprint density at radius 2 is 2.04 bits per heavy atom. The number of aliphatic hydroxyl groups is 1. The lowest BCUT2D eigenvalue weighted by molar-refractivity contribution is -0.118. The minimum atomic E-state index is -0.820. The average Bonchev–Trinajstić information content (AvgIpc) is 3.07. The quantitative estimate of drug-likeness (QED) is 0.627. The molecule has 2 aromatic rings. The highest BCUT2D eigenvalue weighted by atomic mass is 16.3. The molecule has 2 amide bonds. The van der Waals surface area contributed by atoms with Crippen LogP contribution in [0.3, 0.4) is 0 Å². The first-order valence-electron chi connectivity index (χ1n) is 9.55. The van der Waals surface area contributed by atoms with E-state index in [9.17, 15) is 14.7 Å². The summed E-state index contributed by atoms with van der Waals surface area (Å²) in [7, 11) is 0. The summed E-state index contributed by atoms with van der Waals surface area (Å²) in [5.41, 5.74) is 6.41. The number of rotatable bonds is 5. The van der Waals surface area contributed by atoms with Gasteiger partial charge in [0.2, 0.25) is 5.91 Å². The monoisotopic (exact) mass is 387 g/mol. The zero-order chi connectivity index (χ0) is 20.9. The standard InChI is InChI=1S/C20H29N5O3/c1-11(2)18(27)23-12-8-14-16(13(17(21)26)9-22-25(14)10-12)24-15-6-7-20(5,28)19(15,3)4/h8-11,15,24,28H,6-7H2,1-5H3,(H2,21,26)(H,23,27)/t15-,20-/m1/s1. The number of primary amides is 1. The Kier molecular flexibility index (Phi) is 4.87. The Morgan fingerprint density at radius 1 is 1.36 bits per heavy atom. The maximum Gasteiger partial charge on any atom is 0.252 e. The second-order valence-electron chi connectivity index (χ2n) is 8.73. The molecule has 8 nitrogen and oxygen atoms in total. The molecule has 5 N–H and O–H groups in total. The molecule has 1 saturated carbocycles. The van der Waals surface area contributed by atoms with Gasteiger partial charge in [-0.25, -0.2) is 4.52 Å². The molecule has 0 spiro atoms. The predicted octanol–water partition coefficient (Wildman–Crippen LogP) is 2.38. The highest BCUT2D eigenvalue weighted by molar-refractivity contribution is 6.03. The molecule has 3 rings (SSSR count). The summed E-state index contributed by atoms with van der Waals surface area (Å²) in [6.45, 7) is 9.48. The highest BCUT2D eigenvalue weighted by Crippen LogP contribution is 2.47. The third-order valence-corrected chi connectivity index (χ3v) is 6.19. The maximum absolute atomic E-state index is 12.0. The van der Waals surface area contributed by atoms with Crippen LogP contribution in [0, 0.1) is 11.3 Å². The molecular weight excluding hydrogens is 358 g/mol. The summed E-state index contributed by atoms with van der Waals surface area (Å²) < 4.78 is 1.60. The van der Waals surface area contributed by atoms with E-state index in [1.807, 2.05) is 34.6 Å². The van der Waals surface area contributed by atoms with Crippen molar-refractivity contribution in [3.63, 3.8) is 0 Å². The summed E-state index contributed by atoms with van der Waals surface area (Å²) in [4.78, 5) is 24.0. The number of nitrogens with two attached hydrogens (primary N) is 1. The van der Waals surface area contributed by atoms with E-state index in [4.69, 9.17) is 5.73 Å². The van der Waals surface area contributed by atoms with Gasteiger partial charge in [0.05, 0.1) is 40.4 Å². The van der Waals surface area contributed by atoms with E-state index in [0.29, 0.717) is 23.3 Å². The smallest absolute Gasteiger partial charge is 0.252 e. The molecule has 0 unspecified atom stereocenters. The first-order chi connectivity index (χ1) is 12.9. The molecule has 2 aromatic heterocycles. The third kappa shape index (κ3) is 3.32. The molecule has 0 saturated heterocycles. The Bertz CT molecular complexity index is 929. The summed E-state index contributed by atoms with van der Waals surface area (Å²) in [6, 6.07) is 1.71. The minimum Gasteiger partial charge on any atom is -0.390 e. The molecule has 28 heavy (non-hydrogen) atoms. The molecule has 1 aliphatic carbocycles. The normalized spacial score (nSPS) is 23.9. The van der Waals surface area contributed by atoms with Gasteiger partial charge in [-0.15, -0.1) is 0 Å². The molecule has 0 aliphatic heterocycles. The van der Waals surface area contributed by atoms with Crippen LogP contribution in [0.2, 0.25) is 0 Å². The van der Waals surface area contributed by atoms with Gasteiger partial charge in [-0.1, -0.05) is 27.7 Å². The predicted molar refractivity (Wildman–Crippen MR) is 108 cm³/mol. The second-order valence-corrected chi connectivity index (χ2v) is 8.73. The fourth-order valence-corrected chi connectivity index (χ4v) is 3.66. The van der Waals surface area contributed by atoms with Gasteiger partial charge in [-0.3, -0.25) is 9.59 Å². The molecule has 152 valence electrons. The van der Waals surface area contributed by atoms with Gasteiger partial charge in [0.25, 0.3) is 5.91 Å². The number of hydrogen-bond donors (Lipinski definition) is 4. The molecule has 0 aromatic carbocycles. The molecular formula is C20H29N5O3. The highest BCUT2D eigenvalue weighted by Gasteiger charge is 2.50. The van der Waals surface area contributed by atoms with Crippen LogP contribution in [0.25, 0.3) is 5.52 Å². The first kappa shape index (κ1) is 20.1. The summed E-state index contributed by atoms with van der Waals surface area (Å²) in [6.07, 6.45) is 4.53. The number of nitrogens with one attached hydrogen (secondary N) is 2. The van der Waals surface area contributed by atoms with Crippen LogP contribution >= 0.6 is 0 Å². The summed E-state index contributed by atoms with van der Waals surface area (Å²) in [5, 5.41) is 21.3. The molecule has 1 fully saturated rings. The van der Waals surface area contributed by atoms with Crippen molar-refractivity contribution < 1.29 is 14.7 Å². The number of carbonyl (C=O) groups is 2. The van der Waals surface area contributed by atoms with Gasteiger partial charge in [0, 0.05) is 17.4 Å². The van der Waals surface area contributed by atoms with Crippen molar-refractivity contribution in [3.8, 4) is 0 Å². The third-order valence-electron chi connectivity index (χ3n) is 6.19. The van der Waals surface area contributed by atoms with E-state index in [0.717, 1.165) is 6.42 Å². The lowest BCUT2D eigenvalue weighted by Gasteiger charge is -2.38. The van der Waals surface area contributed by atoms with E-state index in [2.05, 4.69) is 15.7 Å². The molecule has 0 radical (unpaired) electrons. The van der Waals surface area contributed by atoms with E-state index < -0.39 is 16.9 Å². The van der Waals surface area contributed by atoms with Crippen molar-refractivity contribution in [2.45, 2.75) is 59.1 Å². The van der Waals surface area contributed by atoms with Crippen molar-refractivity contribution in [3.05, 3.63) is 24.0 Å². The molecule has 2 heterocycles. The number of aromatic nitrogens is 2. The Balaban J connectivity index is 2.04. The molecule has 0 bridgehead atoms. The van der Waals surface area contributed by atoms with E-state index in [1.54, 1.807) is 16.8 Å². The Labute approximate surface area is 164 Å². The van der Waals surface area contributed by atoms with Crippen molar-refractivity contribution in [2.24, 2.45) is 17.1 Å². The largest absolute Gasteiger partial charge is 0.390 e. The van der Waals surface area contributed by atoms with E-state index in [1.165, 1.54) is 6.20 Å². The van der Waals surface area contributed by atoms with E-state index >= 15 is 0 Å². The number of fused-ring (bicyclic) bond motifs is 1. The van der Waals surface area contributed by atoms with Crippen LogP contribution in [0.4, 0.5) is 11.4 Å². The van der Waals surface area contributed by atoms with E-state index in [-0.39, 0.29) is 23.4 Å². The number of amides is 2. The lowest BCUT2D eigenvalue weighted by Crippen LogP contribution is -2.45. The van der Waals surface area contributed by atoms with Gasteiger partial charge in [-0.2, -0.15) is 5.10 Å².